The van der Waals surface area contributed by atoms with Crippen molar-refractivity contribution in [3.8, 4) is 28.0 Å². The van der Waals surface area contributed by atoms with Crippen molar-refractivity contribution in [2.45, 2.75) is 90.4 Å². The molecule has 4 aromatic heterocycles. The number of carbonyl (C=O) groups is 5. The molecule has 4 aliphatic heterocycles. The number of carbonyl (C=O) groups excluding carboxylic acids is 4. The second-order valence-corrected chi connectivity index (χ2v) is 26.6. The van der Waals surface area contributed by atoms with Gasteiger partial charge in [0.2, 0.25) is 17.7 Å². The summed E-state index contributed by atoms with van der Waals surface area (Å²) in [6.07, 6.45) is 1.75. The number of aliphatic hydroxyl groups excluding tert-OH is 1. The summed E-state index contributed by atoms with van der Waals surface area (Å²) in [5.74, 6) is 4.03. The number of ether oxygens (including phenoxy) is 1. The van der Waals surface area contributed by atoms with Crippen molar-refractivity contribution in [2.75, 3.05) is 81.1 Å². The zero-order valence-electron chi connectivity index (χ0n) is 51.7. The second kappa shape index (κ2) is 27.4. The van der Waals surface area contributed by atoms with Crippen LogP contribution in [0.3, 0.4) is 0 Å². The molecule has 3 atom stereocenters. The Bertz CT molecular complexity index is 4090. The number of anilines is 3. The van der Waals surface area contributed by atoms with Crippen molar-refractivity contribution < 1.29 is 47.8 Å². The predicted molar refractivity (Wildman–Crippen MR) is 349 cm³/mol. The predicted octanol–water partition coefficient (Wildman–Crippen LogP) is 9.21. The van der Waals surface area contributed by atoms with Crippen molar-refractivity contribution in [3.63, 3.8) is 0 Å². The molecule has 476 valence electrons. The molecule has 3 fully saturated rings. The molecule has 0 radical (unpaired) electrons. The van der Waals surface area contributed by atoms with Crippen LogP contribution in [-0.2, 0) is 40.3 Å². The highest BCUT2D eigenvalue weighted by molar-refractivity contribution is 7.22. The molecule has 20 nitrogen and oxygen atoms in total. The van der Waals surface area contributed by atoms with Crippen molar-refractivity contribution in [3.05, 3.63) is 165 Å². The smallest absolute Gasteiger partial charge is 0.354 e. The van der Waals surface area contributed by atoms with Crippen LogP contribution in [0.5, 0.6) is 5.75 Å². The van der Waals surface area contributed by atoms with Crippen LogP contribution in [0.2, 0.25) is 0 Å². The Morgan fingerprint density at radius 2 is 1.75 bits per heavy atom. The van der Waals surface area contributed by atoms with Gasteiger partial charge in [-0.3, -0.25) is 24.5 Å². The van der Waals surface area contributed by atoms with Crippen LogP contribution >= 0.6 is 22.7 Å². The number of β-amino-alcohol motifs (C(OH)–C–C–N with tert-alkyl or cyclic N) is 1. The average molecular weight is 1280 g/mol. The third-order valence-electron chi connectivity index (χ3n) is 17.7. The molecule has 23 heteroatoms. The topological polar surface area (TPSA) is 240 Å². The fraction of sp³-hybridized carbons (Fsp3) is 0.377. The van der Waals surface area contributed by atoms with Crippen LogP contribution in [0, 0.1) is 35.9 Å². The Kier molecular flexibility index (Phi) is 18.8. The van der Waals surface area contributed by atoms with Gasteiger partial charge in [0.15, 0.2) is 34.0 Å². The van der Waals surface area contributed by atoms with Crippen LogP contribution in [0.1, 0.15) is 106 Å². The van der Waals surface area contributed by atoms with E-state index < -0.39 is 29.9 Å². The van der Waals surface area contributed by atoms with Gasteiger partial charge in [0.1, 0.15) is 17.8 Å². The first-order valence-corrected chi connectivity index (χ1v) is 32.7. The molecule has 0 saturated carbocycles. The molecular weight excluding hydrogens is 1210 g/mol. The number of benzene rings is 4. The molecule has 4 aromatic carbocycles. The number of aromatic nitrogens is 4. The number of likely N-dealkylation sites (tertiary alicyclic amines) is 2. The largest absolute Gasteiger partial charge is 0.491 e. The number of halogens is 1. The van der Waals surface area contributed by atoms with E-state index in [0.717, 1.165) is 75.8 Å². The number of aliphatic hydroxyl groups is 1. The van der Waals surface area contributed by atoms with Gasteiger partial charge in [0.05, 0.1) is 45.6 Å². The SMILES string of the molecule is Cc1ncsc1-c1ccc(CNC(=O)[C@@H]2C[C@@H](O)CN2C(=O)[C@@H](c2cc(N3CC4(CN(CCCC(=O)N(C)CC#Cc5ccc(OCCCc6ccc(N7CCc8cccc(C(=O)Nc9nc%10ccccc%10s9)c8C7)nc6C(=O)O)c(F)c5)C4)C3)no2)C(C)C)cc1. The van der Waals surface area contributed by atoms with Gasteiger partial charge in [-0.2, -0.15) is 0 Å². The monoisotopic (exact) mass is 1280 g/mol. The van der Waals surface area contributed by atoms with E-state index in [9.17, 15) is 34.2 Å². The van der Waals surface area contributed by atoms with E-state index in [4.69, 9.17) is 9.26 Å². The fourth-order valence-electron chi connectivity index (χ4n) is 12.9. The summed E-state index contributed by atoms with van der Waals surface area (Å²) >= 11 is 2.99. The number of nitrogens with one attached hydrogen (secondary N) is 2. The maximum Gasteiger partial charge on any atom is 0.354 e. The van der Waals surface area contributed by atoms with Crippen molar-refractivity contribution in [1.29, 1.82) is 0 Å². The number of fused-ring (bicyclic) bond motifs is 2. The van der Waals surface area contributed by atoms with E-state index in [1.165, 1.54) is 28.4 Å². The molecule has 1 spiro atoms. The summed E-state index contributed by atoms with van der Waals surface area (Å²) in [7, 11) is 1.70. The van der Waals surface area contributed by atoms with E-state index in [1.807, 2.05) is 97.9 Å². The van der Waals surface area contributed by atoms with Gasteiger partial charge >= 0.3 is 5.97 Å². The molecule has 4 aliphatic rings. The number of carboxylic acid groups (broad SMARTS) is 1. The number of pyridine rings is 1. The average Bonchev–Trinajstić information content (AvgIpc) is 0.943. The quantitative estimate of drug-likeness (QED) is 0.0365. The zero-order valence-corrected chi connectivity index (χ0v) is 53.3. The molecule has 8 aromatic rings. The standard InChI is InChI=1S/C69H72FN11O9S2/c1-42(2)61(66(86)81-35-49(82)32-54(81)65(85)71-34-45-18-21-48(22-19-45)63-43(3)72-41-91-63)56-33-59(76-90-56)80-39-69(40-80)37-78(38-69)28-9-17-60(83)77(4)27-8-11-44-20-24-55(52(70)31-44)89-30-10-13-47-23-25-58(74-62(47)67(87)88)79-29-26-46-12-7-14-50(51(46)36-79)64(84)75-68-73-53-15-5-6-16-57(53)92-68/h5-7,12,14-16,18-25,31,33,41-42,49,54,61,82H,9-10,13,17,26-30,32,34-40H2,1-4H3,(H,71,85)(H,87,88)(H,73,75,84)/t49-,54+,61-/m1/s1. The van der Waals surface area contributed by atoms with E-state index in [1.54, 1.807) is 47.5 Å². The molecule has 4 N–H and O–H groups in total. The highest BCUT2D eigenvalue weighted by atomic mass is 32.1. The first-order valence-electron chi connectivity index (χ1n) is 31.1. The van der Waals surface area contributed by atoms with Crippen LogP contribution in [0.25, 0.3) is 20.7 Å². The first-order chi connectivity index (χ1) is 44.4. The number of thiazole rings is 2. The van der Waals surface area contributed by atoms with Crippen LogP contribution in [-0.4, -0.2) is 153 Å². The van der Waals surface area contributed by atoms with E-state index in [0.29, 0.717) is 84.4 Å². The number of para-hydroxylation sites is 1. The minimum Gasteiger partial charge on any atom is -0.491 e. The van der Waals surface area contributed by atoms with E-state index in [-0.39, 0.29) is 79.1 Å². The molecule has 12 rings (SSSR count). The lowest BCUT2D eigenvalue weighted by Gasteiger charge is -2.60. The lowest BCUT2D eigenvalue weighted by molar-refractivity contribution is -0.141. The summed E-state index contributed by atoms with van der Waals surface area (Å²) in [6.45, 7) is 11.6. The lowest BCUT2D eigenvalue weighted by atomic mass is 9.72. The Labute approximate surface area is 540 Å². The molecule has 8 heterocycles. The zero-order chi connectivity index (χ0) is 64.2. The normalized spacial score (nSPS) is 17.0. The number of amides is 4. The van der Waals surface area contributed by atoms with Gasteiger partial charge in [-0.1, -0.05) is 96.8 Å². The number of hydrogen-bond donors (Lipinski definition) is 4. The molecular formula is C69H72FN11O9S2. The summed E-state index contributed by atoms with van der Waals surface area (Å²) in [5, 5.41) is 31.8. The number of nitrogens with zero attached hydrogens (tertiary/aromatic N) is 9. The van der Waals surface area contributed by atoms with Gasteiger partial charge in [0.25, 0.3) is 5.91 Å². The number of aryl methyl sites for hydroxylation is 2. The number of carboxylic acids is 1. The van der Waals surface area contributed by atoms with Crippen molar-refractivity contribution in [2.24, 2.45) is 11.3 Å². The van der Waals surface area contributed by atoms with Crippen LogP contribution < -0.4 is 25.2 Å². The van der Waals surface area contributed by atoms with E-state index >= 15 is 4.39 Å². The molecule has 4 amide bonds. The highest BCUT2D eigenvalue weighted by Gasteiger charge is 2.52. The summed E-state index contributed by atoms with van der Waals surface area (Å²) in [5.41, 5.74) is 8.99. The number of hydrogen-bond acceptors (Lipinski definition) is 17. The molecule has 0 aliphatic carbocycles. The lowest BCUT2D eigenvalue weighted by Crippen LogP contribution is -2.72. The second-order valence-electron chi connectivity index (χ2n) is 24.7. The number of rotatable bonds is 22. The Morgan fingerprint density at radius 1 is 0.935 bits per heavy atom. The molecule has 92 heavy (non-hydrogen) atoms. The van der Waals surface area contributed by atoms with Gasteiger partial charge in [0, 0.05) is 94.9 Å². The molecule has 3 saturated heterocycles. The van der Waals surface area contributed by atoms with E-state index in [2.05, 4.69) is 52.4 Å². The fourth-order valence-corrected chi connectivity index (χ4v) is 14.6. The van der Waals surface area contributed by atoms with Gasteiger partial charge < -0.3 is 49.3 Å². The van der Waals surface area contributed by atoms with Crippen LogP contribution in [0.4, 0.5) is 21.2 Å². The Balaban J connectivity index is 0.544. The summed E-state index contributed by atoms with van der Waals surface area (Å²) in [4.78, 5) is 91.1. The van der Waals surface area contributed by atoms with Gasteiger partial charge in [-0.15, -0.1) is 11.3 Å². The summed E-state index contributed by atoms with van der Waals surface area (Å²) in [6, 6.07) is 30.3. The summed E-state index contributed by atoms with van der Waals surface area (Å²) < 4.78 is 27.8. The third kappa shape index (κ3) is 14.0. The third-order valence-corrected chi connectivity index (χ3v) is 19.6. The van der Waals surface area contributed by atoms with Crippen molar-refractivity contribution in [1.82, 2.24) is 40.1 Å². The van der Waals surface area contributed by atoms with Crippen molar-refractivity contribution >= 4 is 79.3 Å². The maximum atomic E-state index is 15.2. The Morgan fingerprint density at radius 3 is 2.51 bits per heavy atom. The minimum atomic E-state index is -1.16. The maximum absolute atomic E-state index is 15.2. The van der Waals surface area contributed by atoms with Gasteiger partial charge in [-0.05, 0) is 115 Å². The first kappa shape index (κ1) is 63.1. The Hall–Kier alpha value is -9.08. The van der Waals surface area contributed by atoms with Crippen LogP contribution in [0.15, 0.2) is 113 Å². The van der Waals surface area contributed by atoms with Gasteiger partial charge in [-0.25, -0.2) is 24.1 Å². The number of aromatic carboxylic acids is 1. The molecule has 0 bridgehead atoms. The molecule has 0 unspecified atom stereocenters. The highest BCUT2D eigenvalue weighted by Crippen LogP contribution is 2.43. The minimum absolute atomic E-state index is 0.0339.